The van der Waals surface area contributed by atoms with Crippen molar-refractivity contribution in [2.24, 2.45) is 0 Å². The Balaban J connectivity index is 1.34. The number of amides is 2. The summed E-state index contributed by atoms with van der Waals surface area (Å²) in [5.41, 5.74) is 3.74. The van der Waals surface area contributed by atoms with Crippen molar-refractivity contribution in [3.8, 4) is 0 Å². The van der Waals surface area contributed by atoms with Crippen LogP contribution in [-0.2, 0) is 21.4 Å². The second-order valence-corrected chi connectivity index (χ2v) is 11.8. The molecular weight excluding hydrogens is 502 g/mol. The largest absolute Gasteiger partial charge is 0.333 e. The van der Waals surface area contributed by atoms with E-state index in [0.29, 0.717) is 49.7 Å². The number of nitrogens with one attached hydrogen (secondary N) is 1. The molecule has 3 aliphatic rings. The Labute approximate surface area is 228 Å². The fourth-order valence-electron chi connectivity index (χ4n) is 5.80. The first kappa shape index (κ1) is 27.3. The van der Waals surface area contributed by atoms with E-state index in [2.05, 4.69) is 27.3 Å². The van der Waals surface area contributed by atoms with Gasteiger partial charge in [-0.2, -0.15) is 10.2 Å². The van der Waals surface area contributed by atoms with Crippen molar-refractivity contribution in [1.82, 2.24) is 25.3 Å². The maximum atomic E-state index is 14.3. The number of fused-ring (bicyclic) bond motifs is 1. The molecule has 39 heavy (non-hydrogen) atoms. The van der Waals surface area contributed by atoms with E-state index in [1.807, 2.05) is 32.6 Å². The maximum absolute atomic E-state index is 14.3. The van der Waals surface area contributed by atoms with Gasteiger partial charge in [0.1, 0.15) is 11.6 Å². The van der Waals surface area contributed by atoms with Crippen LogP contribution in [0.5, 0.6) is 0 Å². The molecule has 1 N–H and O–H groups in total. The molecule has 0 radical (unpaired) electrons. The predicted molar refractivity (Wildman–Crippen MR) is 144 cm³/mol. The molecular formula is C29H36F2N6O2. The Morgan fingerprint density at radius 2 is 1.95 bits per heavy atom. The van der Waals surface area contributed by atoms with E-state index >= 15 is 0 Å². The van der Waals surface area contributed by atoms with E-state index in [9.17, 15) is 18.4 Å². The number of nitrogens with zero attached hydrogens (tertiary/aromatic N) is 5. The van der Waals surface area contributed by atoms with Crippen LogP contribution in [0.2, 0.25) is 0 Å². The molecule has 208 valence electrons. The van der Waals surface area contributed by atoms with Crippen molar-refractivity contribution in [1.29, 1.82) is 0 Å². The van der Waals surface area contributed by atoms with E-state index in [1.165, 1.54) is 12.1 Å². The van der Waals surface area contributed by atoms with Crippen molar-refractivity contribution in [3.63, 3.8) is 0 Å². The average molecular weight is 539 g/mol. The molecule has 0 spiro atoms. The molecule has 0 bridgehead atoms. The zero-order chi connectivity index (χ0) is 28.1. The van der Waals surface area contributed by atoms with E-state index in [-0.39, 0.29) is 36.9 Å². The minimum absolute atomic E-state index is 0.00969. The predicted octanol–water partition coefficient (Wildman–Crippen LogP) is 2.81. The molecule has 1 aromatic carbocycles. The highest BCUT2D eigenvalue weighted by atomic mass is 19.1. The third-order valence-electron chi connectivity index (χ3n) is 8.17. The van der Waals surface area contributed by atoms with Gasteiger partial charge in [0.2, 0.25) is 11.8 Å². The molecule has 1 aromatic heterocycles. The summed E-state index contributed by atoms with van der Waals surface area (Å²) in [6, 6.07) is 5.51. The number of halogens is 2. The number of carbonyl (C=O) groups is 2. The van der Waals surface area contributed by atoms with Crippen LogP contribution >= 0.6 is 0 Å². The van der Waals surface area contributed by atoms with Crippen LogP contribution in [0.4, 0.5) is 14.5 Å². The Morgan fingerprint density at radius 1 is 1.18 bits per heavy atom. The summed E-state index contributed by atoms with van der Waals surface area (Å²) in [4.78, 5) is 32.3. The van der Waals surface area contributed by atoms with Gasteiger partial charge in [-0.3, -0.25) is 14.5 Å². The summed E-state index contributed by atoms with van der Waals surface area (Å²) in [5, 5.41) is 12.2. The van der Waals surface area contributed by atoms with Gasteiger partial charge in [-0.1, -0.05) is 19.9 Å². The molecule has 4 heterocycles. The van der Waals surface area contributed by atoms with Gasteiger partial charge in [0.05, 0.1) is 23.6 Å². The van der Waals surface area contributed by atoms with Gasteiger partial charge in [-0.25, -0.2) is 8.78 Å². The third kappa shape index (κ3) is 5.45. The number of hydrogen-bond acceptors (Lipinski definition) is 6. The van der Waals surface area contributed by atoms with Crippen LogP contribution in [0.15, 0.2) is 35.4 Å². The van der Waals surface area contributed by atoms with Crippen molar-refractivity contribution in [3.05, 3.63) is 64.0 Å². The number of aromatic nitrogens is 2. The molecule has 1 saturated heterocycles. The smallest absolute Gasteiger partial charge is 0.249 e. The summed E-state index contributed by atoms with van der Waals surface area (Å²) in [6.45, 7) is 13.2. The van der Waals surface area contributed by atoms with Crippen LogP contribution in [0, 0.1) is 11.6 Å². The standard InChI is InChI=1S/C29H36F2N6O2/c1-17-12-36(28(39)19(17)3)14-23-11-32-18(2)13-35(23)15-26(38)37-16-29(4,5)27-25(37)10-22(33-34-27)8-20-6-7-21(30)9-24(20)31/h6-7,9-10,18,23,32H,8,11-16H2,1-5H3. The normalized spacial score (nSPS) is 23.1. The molecule has 8 nitrogen and oxygen atoms in total. The molecule has 1 fully saturated rings. The lowest BCUT2D eigenvalue weighted by atomic mass is 9.91. The van der Waals surface area contributed by atoms with Crippen molar-refractivity contribution >= 4 is 17.5 Å². The van der Waals surface area contributed by atoms with Crippen LogP contribution in [-0.4, -0.2) is 83.2 Å². The summed E-state index contributed by atoms with van der Waals surface area (Å²) in [5.74, 6) is -1.25. The fourth-order valence-corrected chi connectivity index (χ4v) is 5.80. The highest BCUT2D eigenvalue weighted by Crippen LogP contribution is 2.39. The average Bonchev–Trinajstić information content (AvgIpc) is 3.28. The zero-order valence-electron chi connectivity index (χ0n) is 23.2. The Kier molecular flexibility index (Phi) is 7.28. The van der Waals surface area contributed by atoms with Gasteiger partial charge in [0.25, 0.3) is 0 Å². The summed E-state index contributed by atoms with van der Waals surface area (Å²) in [7, 11) is 0. The SMILES string of the molecule is CC1=C(C)C(=O)N(CC2CNC(C)CN2CC(=O)N2CC(C)(C)c3nnc(Cc4ccc(F)cc4F)cc32)C1. The molecule has 10 heteroatoms. The van der Waals surface area contributed by atoms with Gasteiger partial charge in [-0.15, -0.1) is 0 Å². The summed E-state index contributed by atoms with van der Waals surface area (Å²) < 4.78 is 27.7. The molecule has 2 atom stereocenters. The van der Waals surface area contributed by atoms with Gasteiger partial charge in [0, 0.05) is 68.3 Å². The molecule has 2 aromatic rings. The number of rotatable bonds is 6. The lowest BCUT2D eigenvalue weighted by molar-refractivity contribution is -0.126. The number of hydrogen-bond donors (Lipinski definition) is 1. The second kappa shape index (κ2) is 10.4. The topological polar surface area (TPSA) is 81.7 Å². The van der Waals surface area contributed by atoms with E-state index in [4.69, 9.17) is 0 Å². The van der Waals surface area contributed by atoms with Crippen LogP contribution < -0.4 is 10.2 Å². The minimum atomic E-state index is -0.637. The van der Waals surface area contributed by atoms with Gasteiger partial charge < -0.3 is 15.1 Å². The number of carbonyl (C=O) groups excluding carboxylic acids is 2. The second-order valence-electron chi connectivity index (χ2n) is 11.8. The fraction of sp³-hybridized carbons (Fsp3) is 0.517. The van der Waals surface area contributed by atoms with Crippen LogP contribution in [0.3, 0.4) is 0 Å². The van der Waals surface area contributed by atoms with Crippen LogP contribution in [0.1, 0.15) is 51.6 Å². The maximum Gasteiger partial charge on any atom is 0.249 e. The lowest BCUT2D eigenvalue weighted by Crippen LogP contribution is -2.61. The first-order chi connectivity index (χ1) is 18.4. The number of benzene rings is 1. The minimum Gasteiger partial charge on any atom is -0.333 e. The molecule has 3 aliphatic heterocycles. The molecule has 2 amide bonds. The Morgan fingerprint density at radius 3 is 2.64 bits per heavy atom. The summed E-state index contributed by atoms with van der Waals surface area (Å²) >= 11 is 0. The first-order valence-electron chi connectivity index (χ1n) is 13.5. The van der Waals surface area contributed by atoms with Crippen molar-refractivity contribution in [2.45, 2.75) is 58.5 Å². The van der Waals surface area contributed by atoms with E-state index < -0.39 is 17.0 Å². The third-order valence-corrected chi connectivity index (χ3v) is 8.17. The van der Waals surface area contributed by atoms with E-state index in [0.717, 1.165) is 22.9 Å². The first-order valence-corrected chi connectivity index (χ1v) is 13.5. The lowest BCUT2D eigenvalue weighted by Gasteiger charge is -2.41. The number of anilines is 1. The molecule has 5 rings (SSSR count). The van der Waals surface area contributed by atoms with Gasteiger partial charge in [-0.05, 0) is 44.0 Å². The zero-order valence-corrected chi connectivity index (χ0v) is 23.2. The Hall–Kier alpha value is -3.24. The monoisotopic (exact) mass is 538 g/mol. The van der Waals surface area contributed by atoms with Crippen LogP contribution in [0.25, 0.3) is 0 Å². The number of piperazine rings is 1. The molecule has 2 unspecified atom stereocenters. The highest BCUT2D eigenvalue weighted by molar-refractivity contribution is 5.97. The molecule has 0 aliphatic carbocycles. The van der Waals surface area contributed by atoms with E-state index in [1.54, 1.807) is 11.0 Å². The Bertz CT molecular complexity index is 1340. The van der Waals surface area contributed by atoms with Crippen molar-refractivity contribution in [2.75, 3.05) is 44.2 Å². The van der Waals surface area contributed by atoms with Crippen molar-refractivity contribution < 1.29 is 18.4 Å². The quantitative estimate of drug-likeness (QED) is 0.609. The van der Waals surface area contributed by atoms with Gasteiger partial charge >= 0.3 is 0 Å². The highest BCUT2D eigenvalue weighted by Gasteiger charge is 2.41. The summed E-state index contributed by atoms with van der Waals surface area (Å²) in [6.07, 6.45) is 0.142. The van der Waals surface area contributed by atoms with Gasteiger partial charge in [0.15, 0.2) is 0 Å². The molecule has 0 saturated carbocycles.